The van der Waals surface area contributed by atoms with Gasteiger partial charge in [0, 0.05) is 17.3 Å². The highest BCUT2D eigenvalue weighted by atomic mass is 19.1. The van der Waals surface area contributed by atoms with E-state index in [4.69, 9.17) is 10.5 Å². The Morgan fingerprint density at radius 1 is 1.42 bits per heavy atom. The molecular weight excluding hydrogens is 309 g/mol. The first-order valence-corrected chi connectivity index (χ1v) is 7.65. The molecule has 2 aromatic rings. The lowest BCUT2D eigenvalue weighted by Crippen LogP contribution is -2.08. The van der Waals surface area contributed by atoms with Crippen molar-refractivity contribution in [1.29, 1.82) is 0 Å². The fourth-order valence-corrected chi connectivity index (χ4v) is 2.22. The summed E-state index contributed by atoms with van der Waals surface area (Å²) in [5, 5.41) is 4.36. The molecular formula is C18H20FN3O2. The third kappa shape index (κ3) is 3.71. The number of nitrogens with two attached hydrogens (primary N) is 1. The number of hydrogen-bond donors (Lipinski definition) is 1. The van der Waals surface area contributed by atoms with E-state index in [0.29, 0.717) is 29.2 Å². The summed E-state index contributed by atoms with van der Waals surface area (Å²) >= 11 is 0. The Morgan fingerprint density at radius 3 is 2.75 bits per heavy atom. The average molecular weight is 329 g/mol. The predicted molar refractivity (Wildman–Crippen MR) is 92.4 cm³/mol. The number of carbonyl (C=O) groups is 1. The number of rotatable bonds is 6. The third-order valence-electron chi connectivity index (χ3n) is 3.40. The van der Waals surface area contributed by atoms with Crippen molar-refractivity contribution < 1.29 is 13.9 Å². The van der Waals surface area contributed by atoms with Crippen molar-refractivity contribution in [3.63, 3.8) is 0 Å². The highest BCUT2D eigenvalue weighted by molar-refractivity contribution is 5.92. The Labute approximate surface area is 140 Å². The van der Waals surface area contributed by atoms with E-state index in [2.05, 4.69) is 11.7 Å². The van der Waals surface area contributed by atoms with Crippen molar-refractivity contribution in [2.45, 2.75) is 20.3 Å². The van der Waals surface area contributed by atoms with Crippen LogP contribution >= 0.6 is 0 Å². The molecule has 1 aromatic carbocycles. The monoisotopic (exact) mass is 329 g/mol. The third-order valence-corrected chi connectivity index (χ3v) is 3.40. The predicted octanol–water partition coefficient (Wildman–Crippen LogP) is 3.64. The molecule has 0 aliphatic heterocycles. The lowest BCUT2D eigenvalue weighted by molar-refractivity contribution is -0.138. The van der Waals surface area contributed by atoms with Crippen LogP contribution in [0.25, 0.3) is 17.0 Å². The van der Waals surface area contributed by atoms with Gasteiger partial charge in [0.25, 0.3) is 0 Å². The van der Waals surface area contributed by atoms with Crippen molar-refractivity contribution in [1.82, 2.24) is 9.78 Å². The van der Waals surface area contributed by atoms with Crippen LogP contribution in [-0.2, 0) is 9.53 Å². The number of esters is 1. The van der Waals surface area contributed by atoms with Gasteiger partial charge in [-0.1, -0.05) is 25.6 Å². The number of nitrogen functional groups attached to an aromatic ring is 1. The first-order valence-electron chi connectivity index (χ1n) is 7.65. The van der Waals surface area contributed by atoms with Crippen LogP contribution in [0, 0.1) is 5.82 Å². The number of nitrogens with zero attached hydrogens (tertiary/aromatic N) is 2. The molecule has 2 rings (SSSR count). The van der Waals surface area contributed by atoms with Crippen LogP contribution in [0.15, 0.2) is 48.6 Å². The Kier molecular flexibility index (Phi) is 5.52. The lowest BCUT2D eigenvalue weighted by Gasteiger charge is -2.08. The van der Waals surface area contributed by atoms with Crippen LogP contribution in [-0.4, -0.2) is 22.4 Å². The van der Waals surface area contributed by atoms with Crippen LogP contribution in [0.1, 0.15) is 20.3 Å². The standard InChI is InChI=1S/C18H20FN3O2/c1-4-13(10-12(3)18(23)24-5-2)22-17(20)11-16(21-22)14-8-6-7-9-15(14)19/h6-11H,3-5,20H2,1-2H3/b13-10-. The second kappa shape index (κ2) is 7.59. The van der Waals surface area contributed by atoms with Crippen LogP contribution in [0.5, 0.6) is 0 Å². The van der Waals surface area contributed by atoms with E-state index in [-0.39, 0.29) is 18.0 Å². The van der Waals surface area contributed by atoms with E-state index in [1.54, 1.807) is 37.3 Å². The molecule has 0 saturated heterocycles. The Balaban J connectivity index is 2.39. The molecule has 0 fully saturated rings. The quantitative estimate of drug-likeness (QED) is 0.499. The average Bonchev–Trinajstić information content (AvgIpc) is 2.94. The Morgan fingerprint density at radius 2 is 2.12 bits per heavy atom. The van der Waals surface area contributed by atoms with E-state index < -0.39 is 5.97 Å². The van der Waals surface area contributed by atoms with Crippen LogP contribution in [0.2, 0.25) is 0 Å². The molecule has 0 spiro atoms. The van der Waals surface area contributed by atoms with Gasteiger partial charge in [-0.05, 0) is 31.6 Å². The van der Waals surface area contributed by atoms with Crippen molar-refractivity contribution in [2.24, 2.45) is 0 Å². The molecule has 5 nitrogen and oxygen atoms in total. The molecule has 24 heavy (non-hydrogen) atoms. The Bertz CT molecular complexity index is 793. The van der Waals surface area contributed by atoms with E-state index in [1.807, 2.05) is 6.92 Å². The number of allylic oxidation sites excluding steroid dienone is 1. The van der Waals surface area contributed by atoms with Crippen molar-refractivity contribution in [2.75, 3.05) is 12.3 Å². The summed E-state index contributed by atoms with van der Waals surface area (Å²) in [6.45, 7) is 7.60. The van der Waals surface area contributed by atoms with Gasteiger partial charge in [0.2, 0.25) is 0 Å². The van der Waals surface area contributed by atoms with Gasteiger partial charge in [-0.25, -0.2) is 13.9 Å². The van der Waals surface area contributed by atoms with E-state index in [0.717, 1.165) is 0 Å². The molecule has 0 radical (unpaired) electrons. The maximum absolute atomic E-state index is 13.9. The summed E-state index contributed by atoms with van der Waals surface area (Å²) in [4.78, 5) is 11.7. The summed E-state index contributed by atoms with van der Waals surface area (Å²) in [5.74, 6) is -0.526. The number of halogens is 1. The number of anilines is 1. The number of hydrogen-bond acceptors (Lipinski definition) is 4. The molecule has 6 heteroatoms. The second-order valence-corrected chi connectivity index (χ2v) is 5.08. The first-order chi connectivity index (χ1) is 11.5. The maximum Gasteiger partial charge on any atom is 0.337 e. The van der Waals surface area contributed by atoms with Crippen LogP contribution in [0.4, 0.5) is 10.2 Å². The highest BCUT2D eigenvalue weighted by Gasteiger charge is 2.14. The van der Waals surface area contributed by atoms with Gasteiger partial charge in [0.1, 0.15) is 11.6 Å². The smallest absolute Gasteiger partial charge is 0.337 e. The topological polar surface area (TPSA) is 70.1 Å². The molecule has 0 unspecified atom stereocenters. The summed E-state index contributed by atoms with van der Waals surface area (Å²) in [5.41, 5.74) is 7.66. The van der Waals surface area contributed by atoms with Gasteiger partial charge >= 0.3 is 5.97 Å². The maximum atomic E-state index is 13.9. The molecule has 2 N–H and O–H groups in total. The molecule has 1 heterocycles. The zero-order chi connectivity index (χ0) is 17.7. The minimum Gasteiger partial charge on any atom is -0.462 e. The first kappa shape index (κ1) is 17.5. The van der Waals surface area contributed by atoms with Gasteiger partial charge in [-0.3, -0.25) is 0 Å². The zero-order valence-corrected chi connectivity index (χ0v) is 13.8. The molecule has 0 atom stereocenters. The van der Waals surface area contributed by atoms with Crippen LogP contribution < -0.4 is 5.73 Å². The highest BCUT2D eigenvalue weighted by Crippen LogP contribution is 2.26. The fraction of sp³-hybridized carbons (Fsp3) is 0.222. The SMILES string of the molecule is C=C(/C=C(/CC)n1nc(-c2ccccc2F)cc1N)C(=O)OCC. The van der Waals surface area contributed by atoms with E-state index >= 15 is 0 Å². The van der Waals surface area contributed by atoms with Crippen LogP contribution in [0.3, 0.4) is 0 Å². The van der Waals surface area contributed by atoms with Crippen molar-refractivity contribution in [3.05, 3.63) is 54.4 Å². The van der Waals surface area contributed by atoms with Gasteiger partial charge in [0.15, 0.2) is 0 Å². The number of benzene rings is 1. The molecule has 0 saturated carbocycles. The van der Waals surface area contributed by atoms with E-state index in [1.165, 1.54) is 10.7 Å². The molecule has 0 bridgehead atoms. The van der Waals surface area contributed by atoms with Crippen molar-refractivity contribution >= 4 is 17.5 Å². The van der Waals surface area contributed by atoms with E-state index in [9.17, 15) is 9.18 Å². The lowest BCUT2D eigenvalue weighted by atomic mass is 10.1. The van der Waals surface area contributed by atoms with Gasteiger partial charge in [0.05, 0.1) is 17.9 Å². The molecule has 0 aliphatic carbocycles. The van der Waals surface area contributed by atoms with Crippen molar-refractivity contribution in [3.8, 4) is 11.3 Å². The molecule has 126 valence electrons. The molecule has 1 aromatic heterocycles. The van der Waals surface area contributed by atoms with Gasteiger partial charge < -0.3 is 10.5 Å². The van der Waals surface area contributed by atoms with Gasteiger partial charge in [-0.15, -0.1) is 0 Å². The fourth-order valence-electron chi connectivity index (χ4n) is 2.22. The summed E-state index contributed by atoms with van der Waals surface area (Å²) < 4.78 is 20.3. The summed E-state index contributed by atoms with van der Waals surface area (Å²) in [6, 6.07) is 7.93. The number of aromatic nitrogens is 2. The van der Waals surface area contributed by atoms with Gasteiger partial charge in [-0.2, -0.15) is 5.10 Å². The summed E-state index contributed by atoms with van der Waals surface area (Å²) in [7, 11) is 0. The minimum atomic E-state index is -0.497. The second-order valence-electron chi connectivity index (χ2n) is 5.08. The number of ether oxygens (including phenoxy) is 1. The molecule has 0 aliphatic rings. The molecule has 0 amide bonds. The summed E-state index contributed by atoms with van der Waals surface area (Å²) in [6.07, 6.45) is 2.13. The normalized spacial score (nSPS) is 11.4. The zero-order valence-electron chi connectivity index (χ0n) is 13.8. The minimum absolute atomic E-state index is 0.205. The number of carbonyl (C=O) groups excluding carboxylic acids is 1. The Hall–Kier alpha value is -2.89. The largest absolute Gasteiger partial charge is 0.462 e.